The topological polar surface area (TPSA) is 96.3 Å². The van der Waals surface area contributed by atoms with E-state index in [1.807, 2.05) is 6.07 Å². The maximum Gasteiger partial charge on any atom is 0.338 e. The summed E-state index contributed by atoms with van der Waals surface area (Å²) in [7, 11) is 0. The molecule has 0 saturated heterocycles. The maximum atomic E-state index is 11.8. The Balaban J connectivity index is 1.95. The predicted octanol–water partition coefficient (Wildman–Crippen LogP) is 2.82. The highest BCUT2D eigenvalue weighted by atomic mass is 35.5. The van der Waals surface area contributed by atoms with Crippen LogP contribution in [0.2, 0.25) is 5.02 Å². The van der Waals surface area contributed by atoms with E-state index in [-0.39, 0.29) is 16.8 Å². The molecule has 0 aromatic heterocycles. The van der Waals surface area contributed by atoms with Crippen LogP contribution in [0.5, 0.6) is 0 Å². The summed E-state index contributed by atoms with van der Waals surface area (Å²) in [4.78, 5) is 34.2. The molecule has 0 saturated carbocycles. The summed E-state index contributed by atoms with van der Waals surface area (Å²) in [5.74, 6) is -1.30. The molecule has 1 amide bonds. The molecule has 24 heavy (non-hydrogen) atoms. The van der Waals surface area contributed by atoms with Crippen LogP contribution in [-0.4, -0.2) is 24.8 Å². The Labute approximate surface area is 142 Å². The van der Waals surface area contributed by atoms with Gasteiger partial charge in [-0.1, -0.05) is 23.7 Å². The van der Waals surface area contributed by atoms with Gasteiger partial charge in [-0.05, 0) is 30.3 Å². The number of anilines is 1. The van der Waals surface area contributed by atoms with Gasteiger partial charge >= 0.3 is 5.97 Å². The third kappa shape index (κ3) is 4.41. The molecule has 0 aliphatic rings. The van der Waals surface area contributed by atoms with E-state index in [4.69, 9.17) is 21.6 Å². The van der Waals surface area contributed by atoms with Gasteiger partial charge in [0.2, 0.25) is 0 Å². The highest BCUT2D eigenvalue weighted by molar-refractivity contribution is 6.31. The number of benzene rings is 2. The van der Waals surface area contributed by atoms with Crippen molar-refractivity contribution in [3.05, 3.63) is 64.2 Å². The van der Waals surface area contributed by atoms with Crippen molar-refractivity contribution in [1.82, 2.24) is 0 Å². The van der Waals surface area contributed by atoms with E-state index in [0.717, 1.165) is 0 Å². The number of carbonyl (C=O) groups excluding carboxylic acids is 3. The van der Waals surface area contributed by atoms with Gasteiger partial charge in [0.15, 0.2) is 6.61 Å². The number of carbonyl (C=O) groups is 3. The molecular formula is C17H11ClN2O4. The van der Waals surface area contributed by atoms with Gasteiger partial charge in [-0.3, -0.25) is 9.59 Å². The van der Waals surface area contributed by atoms with Crippen LogP contribution in [0.1, 0.15) is 26.3 Å². The van der Waals surface area contributed by atoms with Crippen molar-refractivity contribution < 1.29 is 19.1 Å². The summed E-state index contributed by atoms with van der Waals surface area (Å²) < 4.78 is 4.88. The zero-order chi connectivity index (χ0) is 17.5. The molecule has 0 bridgehead atoms. The first kappa shape index (κ1) is 17.2. The van der Waals surface area contributed by atoms with Gasteiger partial charge in [0.05, 0.1) is 16.8 Å². The maximum absolute atomic E-state index is 11.8. The number of halogens is 1. The molecule has 0 unspecified atom stereocenters. The van der Waals surface area contributed by atoms with Crippen LogP contribution in [0, 0.1) is 11.3 Å². The molecule has 120 valence electrons. The zero-order valence-electron chi connectivity index (χ0n) is 12.3. The van der Waals surface area contributed by atoms with E-state index < -0.39 is 18.5 Å². The van der Waals surface area contributed by atoms with E-state index in [1.165, 1.54) is 42.5 Å². The Morgan fingerprint density at radius 2 is 1.92 bits per heavy atom. The van der Waals surface area contributed by atoms with Crippen molar-refractivity contribution in [1.29, 1.82) is 5.26 Å². The first-order valence-electron chi connectivity index (χ1n) is 6.75. The average Bonchev–Trinajstić information content (AvgIpc) is 2.60. The summed E-state index contributed by atoms with van der Waals surface area (Å²) in [5.41, 5.74) is 1.12. The second-order valence-corrected chi connectivity index (χ2v) is 5.10. The second kappa shape index (κ2) is 7.90. The first-order chi connectivity index (χ1) is 11.5. The van der Waals surface area contributed by atoms with Gasteiger partial charge in [-0.2, -0.15) is 5.26 Å². The van der Waals surface area contributed by atoms with Crippen molar-refractivity contribution in [3.8, 4) is 6.07 Å². The van der Waals surface area contributed by atoms with Crippen LogP contribution in [0.4, 0.5) is 5.69 Å². The van der Waals surface area contributed by atoms with E-state index in [1.54, 1.807) is 0 Å². The summed E-state index contributed by atoms with van der Waals surface area (Å²) >= 11 is 5.82. The monoisotopic (exact) mass is 342 g/mol. The third-order valence-corrected chi connectivity index (χ3v) is 3.23. The fraction of sp³-hybridized carbons (Fsp3) is 0.0588. The van der Waals surface area contributed by atoms with E-state index in [9.17, 15) is 14.4 Å². The van der Waals surface area contributed by atoms with Gasteiger partial charge in [-0.15, -0.1) is 0 Å². The molecule has 1 N–H and O–H groups in total. The summed E-state index contributed by atoms with van der Waals surface area (Å²) in [5, 5.41) is 11.8. The van der Waals surface area contributed by atoms with Crippen LogP contribution in [0.3, 0.4) is 0 Å². The number of ether oxygens (including phenoxy) is 1. The largest absolute Gasteiger partial charge is 0.452 e. The van der Waals surface area contributed by atoms with Crippen LogP contribution in [0.15, 0.2) is 42.5 Å². The first-order valence-corrected chi connectivity index (χ1v) is 7.13. The number of hydrogen-bond donors (Lipinski definition) is 1. The molecule has 2 rings (SSSR count). The summed E-state index contributed by atoms with van der Waals surface area (Å²) in [6.07, 6.45) is 0.653. The van der Waals surface area contributed by atoms with Crippen LogP contribution in [-0.2, 0) is 9.53 Å². The highest BCUT2D eigenvalue weighted by Gasteiger charge is 2.12. The molecule has 0 fully saturated rings. The molecule has 0 aliphatic carbocycles. The van der Waals surface area contributed by atoms with Crippen molar-refractivity contribution in [3.63, 3.8) is 0 Å². The smallest absolute Gasteiger partial charge is 0.338 e. The number of aldehydes is 1. The van der Waals surface area contributed by atoms with Crippen molar-refractivity contribution in [2.75, 3.05) is 11.9 Å². The van der Waals surface area contributed by atoms with Crippen molar-refractivity contribution in [2.45, 2.75) is 0 Å². The molecule has 0 radical (unpaired) electrons. The van der Waals surface area contributed by atoms with Crippen LogP contribution >= 0.6 is 11.6 Å². The lowest BCUT2D eigenvalue weighted by Crippen LogP contribution is -2.21. The standard InChI is InChI=1S/C17H11ClN2O4/c18-14-6-5-13(8-19)15(7-14)20-16(22)10-24-17(23)12-3-1-11(9-21)2-4-12/h1-7,9H,10H2,(H,20,22). The predicted molar refractivity (Wildman–Crippen MR) is 86.9 cm³/mol. The van der Waals surface area contributed by atoms with Gasteiger partial charge in [0.25, 0.3) is 5.91 Å². The number of amides is 1. The molecule has 6 nitrogen and oxygen atoms in total. The number of nitriles is 1. The molecule has 0 spiro atoms. The van der Waals surface area contributed by atoms with Crippen molar-refractivity contribution >= 4 is 35.5 Å². The summed E-state index contributed by atoms with van der Waals surface area (Å²) in [6.45, 7) is -0.522. The van der Waals surface area contributed by atoms with Crippen molar-refractivity contribution in [2.24, 2.45) is 0 Å². The lowest BCUT2D eigenvalue weighted by molar-refractivity contribution is -0.119. The molecular weight excluding hydrogens is 332 g/mol. The fourth-order valence-corrected chi connectivity index (χ4v) is 1.99. The quantitative estimate of drug-likeness (QED) is 0.665. The number of nitrogens with one attached hydrogen (secondary N) is 1. The third-order valence-electron chi connectivity index (χ3n) is 2.99. The summed E-state index contributed by atoms with van der Waals surface area (Å²) in [6, 6.07) is 12.1. The molecule has 2 aromatic rings. The highest BCUT2D eigenvalue weighted by Crippen LogP contribution is 2.20. The molecule has 0 heterocycles. The molecule has 0 aliphatic heterocycles. The Kier molecular flexibility index (Phi) is 5.66. The van der Waals surface area contributed by atoms with Gasteiger partial charge < -0.3 is 10.1 Å². The second-order valence-electron chi connectivity index (χ2n) is 4.67. The van der Waals surface area contributed by atoms with E-state index in [0.29, 0.717) is 16.9 Å². The minimum absolute atomic E-state index is 0.217. The number of rotatable bonds is 5. The Morgan fingerprint density at radius 1 is 1.21 bits per heavy atom. The van der Waals surface area contributed by atoms with Crippen LogP contribution < -0.4 is 5.32 Å². The zero-order valence-corrected chi connectivity index (χ0v) is 13.0. The fourth-order valence-electron chi connectivity index (χ4n) is 1.82. The minimum atomic E-state index is -0.700. The van der Waals surface area contributed by atoms with Gasteiger partial charge in [-0.25, -0.2) is 4.79 Å². The number of nitrogens with zero attached hydrogens (tertiary/aromatic N) is 1. The SMILES string of the molecule is N#Cc1ccc(Cl)cc1NC(=O)COC(=O)c1ccc(C=O)cc1. The van der Waals surface area contributed by atoms with Gasteiger partial charge in [0.1, 0.15) is 12.4 Å². The number of hydrogen-bond acceptors (Lipinski definition) is 5. The number of esters is 1. The molecule has 7 heteroatoms. The molecule has 2 aromatic carbocycles. The lowest BCUT2D eigenvalue weighted by atomic mass is 10.1. The average molecular weight is 343 g/mol. The Morgan fingerprint density at radius 3 is 2.54 bits per heavy atom. The van der Waals surface area contributed by atoms with E-state index >= 15 is 0 Å². The minimum Gasteiger partial charge on any atom is -0.452 e. The van der Waals surface area contributed by atoms with E-state index in [2.05, 4.69) is 5.32 Å². The van der Waals surface area contributed by atoms with Crippen LogP contribution in [0.25, 0.3) is 0 Å². The Hall–Kier alpha value is -3.17. The van der Waals surface area contributed by atoms with Gasteiger partial charge in [0, 0.05) is 10.6 Å². The normalized spacial score (nSPS) is 9.67. The molecule has 0 atom stereocenters. The lowest BCUT2D eigenvalue weighted by Gasteiger charge is -2.08. The Bertz CT molecular complexity index is 825.